The fraction of sp³-hybridized carbons (Fsp3) is 0.429. The quantitative estimate of drug-likeness (QED) is 0.639. The van der Waals surface area contributed by atoms with Crippen LogP contribution in [0, 0.1) is 5.41 Å². The van der Waals surface area contributed by atoms with Gasteiger partial charge in [-0.1, -0.05) is 24.4 Å². The first-order chi connectivity index (χ1) is 8.85. The van der Waals surface area contributed by atoms with Crippen LogP contribution in [0.4, 0.5) is 0 Å². The van der Waals surface area contributed by atoms with Gasteiger partial charge < -0.3 is 15.2 Å². The molecule has 0 saturated heterocycles. The van der Waals surface area contributed by atoms with Gasteiger partial charge >= 0.3 is 5.97 Å². The minimum atomic E-state index is -0.674. The van der Waals surface area contributed by atoms with Gasteiger partial charge in [-0.05, 0) is 31.5 Å². The molecule has 4 nitrogen and oxygen atoms in total. The van der Waals surface area contributed by atoms with Gasteiger partial charge in [-0.3, -0.25) is 4.79 Å². The molecule has 5 heteroatoms. The number of methoxy groups -OCH3 is 1. The van der Waals surface area contributed by atoms with Crippen LogP contribution in [0.25, 0.3) is 0 Å². The van der Waals surface area contributed by atoms with Crippen LogP contribution in [-0.4, -0.2) is 24.7 Å². The van der Waals surface area contributed by atoms with E-state index in [1.807, 2.05) is 24.3 Å². The van der Waals surface area contributed by atoms with Crippen LogP contribution in [0.5, 0.6) is 5.75 Å². The molecular weight excluding hydrogens is 262 g/mol. The SMILES string of the molecule is COC(=O)C(C)(C)COc1ccc(CC(N)=S)cc1. The molecule has 0 radical (unpaired) electrons. The predicted octanol–water partition coefficient (Wildman–Crippen LogP) is 2.09. The maximum Gasteiger partial charge on any atom is 0.314 e. The van der Waals surface area contributed by atoms with Crippen molar-refractivity contribution in [3.63, 3.8) is 0 Å². The molecule has 0 aliphatic rings. The van der Waals surface area contributed by atoms with E-state index in [9.17, 15) is 4.79 Å². The molecule has 1 aromatic carbocycles. The van der Waals surface area contributed by atoms with Gasteiger partial charge in [0.25, 0.3) is 0 Å². The second-order valence-corrected chi connectivity index (χ2v) is 5.48. The minimum absolute atomic E-state index is 0.258. The average molecular weight is 281 g/mol. The number of carbonyl (C=O) groups is 1. The van der Waals surface area contributed by atoms with Gasteiger partial charge in [-0.2, -0.15) is 0 Å². The van der Waals surface area contributed by atoms with E-state index >= 15 is 0 Å². The van der Waals surface area contributed by atoms with E-state index in [2.05, 4.69) is 0 Å². The highest BCUT2D eigenvalue weighted by Crippen LogP contribution is 2.20. The molecule has 19 heavy (non-hydrogen) atoms. The number of rotatable bonds is 6. The lowest BCUT2D eigenvalue weighted by molar-refractivity contribution is -0.152. The molecule has 0 unspecified atom stereocenters. The van der Waals surface area contributed by atoms with Crippen molar-refractivity contribution in [2.75, 3.05) is 13.7 Å². The third kappa shape index (κ3) is 4.87. The van der Waals surface area contributed by atoms with Crippen LogP contribution >= 0.6 is 12.2 Å². The molecular formula is C14H19NO3S. The number of nitrogens with two attached hydrogens (primary N) is 1. The van der Waals surface area contributed by atoms with Crippen molar-refractivity contribution >= 4 is 23.2 Å². The first-order valence-corrected chi connectivity index (χ1v) is 6.34. The summed E-state index contributed by atoms with van der Waals surface area (Å²) in [7, 11) is 1.37. The van der Waals surface area contributed by atoms with Crippen LogP contribution in [-0.2, 0) is 16.0 Å². The van der Waals surface area contributed by atoms with E-state index in [-0.39, 0.29) is 12.6 Å². The van der Waals surface area contributed by atoms with Gasteiger partial charge in [0.15, 0.2) is 0 Å². The molecule has 0 atom stereocenters. The van der Waals surface area contributed by atoms with Crippen LogP contribution < -0.4 is 10.5 Å². The first kappa shape index (κ1) is 15.4. The molecule has 0 amide bonds. The summed E-state index contributed by atoms with van der Waals surface area (Å²) in [4.78, 5) is 12.0. The van der Waals surface area contributed by atoms with Crippen molar-refractivity contribution in [1.29, 1.82) is 0 Å². The zero-order chi connectivity index (χ0) is 14.5. The number of benzene rings is 1. The van der Waals surface area contributed by atoms with Crippen molar-refractivity contribution in [3.05, 3.63) is 29.8 Å². The molecule has 1 rings (SSSR count). The Hall–Kier alpha value is -1.62. The standard InChI is InChI=1S/C14H19NO3S/c1-14(2,13(16)17-3)9-18-11-6-4-10(5-7-11)8-12(15)19/h4-7H,8-9H2,1-3H3,(H2,15,19). The van der Waals surface area contributed by atoms with E-state index in [1.54, 1.807) is 13.8 Å². The second kappa shape index (κ2) is 6.52. The number of ether oxygens (including phenoxy) is 2. The third-order valence-corrected chi connectivity index (χ3v) is 2.78. The highest BCUT2D eigenvalue weighted by atomic mass is 32.1. The van der Waals surface area contributed by atoms with Gasteiger partial charge in [-0.15, -0.1) is 0 Å². The highest BCUT2D eigenvalue weighted by molar-refractivity contribution is 7.80. The summed E-state index contributed by atoms with van der Waals surface area (Å²) in [6.07, 6.45) is 0.573. The summed E-state index contributed by atoms with van der Waals surface area (Å²) in [5, 5.41) is 0. The van der Waals surface area contributed by atoms with Crippen molar-refractivity contribution < 1.29 is 14.3 Å². The third-order valence-electron chi connectivity index (χ3n) is 2.64. The van der Waals surface area contributed by atoms with Gasteiger partial charge in [0.05, 0.1) is 17.5 Å². The lowest BCUT2D eigenvalue weighted by Gasteiger charge is -2.21. The first-order valence-electron chi connectivity index (χ1n) is 5.93. The fourth-order valence-electron chi connectivity index (χ4n) is 1.50. The Morgan fingerprint density at radius 3 is 2.37 bits per heavy atom. The van der Waals surface area contributed by atoms with Crippen LogP contribution in [0.1, 0.15) is 19.4 Å². The maximum atomic E-state index is 11.5. The monoisotopic (exact) mass is 281 g/mol. The molecule has 0 bridgehead atoms. The van der Waals surface area contributed by atoms with Gasteiger partial charge in [0.1, 0.15) is 12.4 Å². The summed E-state index contributed by atoms with van der Waals surface area (Å²) in [5.74, 6) is 0.404. The summed E-state index contributed by atoms with van der Waals surface area (Å²) >= 11 is 4.85. The Kier molecular flexibility index (Phi) is 5.30. The Morgan fingerprint density at radius 2 is 1.89 bits per heavy atom. The molecule has 104 valence electrons. The number of thiocarbonyl (C=S) groups is 1. The number of hydrogen-bond acceptors (Lipinski definition) is 4. The topological polar surface area (TPSA) is 61.5 Å². The van der Waals surface area contributed by atoms with Crippen LogP contribution in [0.3, 0.4) is 0 Å². The van der Waals surface area contributed by atoms with Crippen LogP contribution in [0.15, 0.2) is 24.3 Å². The van der Waals surface area contributed by atoms with Crippen molar-refractivity contribution in [1.82, 2.24) is 0 Å². The molecule has 0 spiro atoms. The molecule has 0 aliphatic carbocycles. The van der Waals surface area contributed by atoms with E-state index in [4.69, 9.17) is 27.4 Å². The van der Waals surface area contributed by atoms with E-state index < -0.39 is 5.41 Å². The zero-order valence-corrected chi connectivity index (χ0v) is 12.3. The largest absolute Gasteiger partial charge is 0.492 e. The number of hydrogen-bond donors (Lipinski definition) is 1. The molecule has 0 saturated carbocycles. The summed E-state index contributed by atoms with van der Waals surface area (Å²) in [6.45, 7) is 3.81. The predicted molar refractivity (Wildman–Crippen MR) is 78.2 cm³/mol. The van der Waals surface area contributed by atoms with Crippen molar-refractivity contribution in [2.24, 2.45) is 11.1 Å². The molecule has 0 aliphatic heterocycles. The van der Waals surface area contributed by atoms with Crippen molar-refractivity contribution in [2.45, 2.75) is 20.3 Å². The smallest absolute Gasteiger partial charge is 0.314 e. The van der Waals surface area contributed by atoms with E-state index in [1.165, 1.54) is 7.11 Å². The minimum Gasteiger partial charge on any atom is -0.492 e. The molecule has 0 heterocycles. The summed E-state index contributed by atoms with van der Waals surface area (Å²) < 4.78 is 10.3. The maximum absolute atomic E-state index is 11.5. The van der Waals surface area contributed by atoms with E-state index in [0.717, 1.165) is 5.56 Å². The Labute approximate surface area is 118 Å². The molecule has 2 N–H and O–H groups in total. The fourth-order valence-corrected chi connectivity index (χ4v) is 1.67. The lowest BCUT2D eigenvalue weighted by Crippen LogP contribution is -2.32. The highest BCUT2D eigenvalue weighted by Gasteiger charge is 2.29. The number of carbonyl (C=O) groups excluding carboxylic acids is 1. The Morgan fingerprint density at radius 1 is 1.32 bits per heavy atom. The second-order valence-electron chi connectivity index (χ2n) is 4.95. The summed E-state index contributed by atoms with van der Waals surface area (Å²) in [6, 6.07) is 7.47. The lowest BCUT2D eigenvalue weighted by atomic mass is 9.95. The summed E-state index contributed by atoms with van der Waals surface area (Å²) in [5.41, 5.74) is 5.84. The normalized spacial score (nSPS) is 10.9. The van der Waals surface area contributed by atoms with Gasteiger partial charge in [-0.25, -0.2) is 0 Å². The average Bonchev–Trinajstić information content (AvgIpc) is 2.36. The van der Waals surface area contributed by atoms with Crippen molar-refractivity contribution in [3.8, 4) is 5.75 Å². The molecule has 1 aromatic rings. The Bertz CT molecular complexity index is 454. The van der Waals surface area contributed by atoms with Gasteiger partial charge in [0.2, 0.25) is 0 Å². The molecule has 0 aromatic heterocycles. The number of esters is 1. The van der Waals surface area contributed by atoms with E-state index in [0.29, 0.717) is 17.2 Å². The molecule has 0 fully saturated rings. The van der Waals surface area contributed by atoms with Gasteiger partial charge in [0, 0.05) is 6.42 Å². The zero-order valence-electron chi connectivity index (χ0n) is 11.4. The van der Waals surface area contributed by atoms with Crippen LogP contribution in [0.2, 0.25) is 0 Å². The Balaban J connectivity index is 2.59.